The molecule has 0 spiro atoms. The third-order valence-corrected chi connectivity index (χ3v) is 4.46. The van der Waals surface area contributed by atoms with Gasteiger partial charge < -0.3 is 30.7 Å². The third kappa shape index (κ3) is 9.36. The summed E-state index contributed by atoms with van der Waals surface area (Å²) in [6.07, 6.45) is 0. The van der Waals surface area contributed by atoms with E-state index in [4.69, 9.17) is 33.9 Å². The van der Waals surface area contributed by atoms with Crippen molar-refractivity contribution in [3.05, 3.63) is 72.8 Å². The Bertz CT molecular complexity index is 885. The van der Waals surface area contributed by atoms with Crippen molar-refractivity contribution in [2.75, 3.05) is 36.9 Å². The van der Waals surface area contributed by atoms with Crippen molar-refractivity contribution >= 4 is 46.0 Å². The summed E-state index contributed by atoms with van der Waals surface area (Å²) in [6, 6.07) is 15.2. The molecule has 0 aliphatic carbocycles. The van der Waals surface area contributed by atoms with E-state index in [-0.39, 0.29) is 0 Å². The Kier molecular flexibility index (Phi) is 10.5. The lowest BCUT2D eigenvalue weighted by Gasteiger charge is -2.16. The zero-order valence-electron chi connectivity index (χ0n) is 18.5. The molecule has 4 N–H and O–H groups in total. The predicted octanol–water partition coefficient (Wildman–Crippen LogP) is 4.87. The quantitative estimate of drug-likeness (QED) is 0.211. The molecule has 0 atom stereocenters. The lowest BCUT2D eigenvalue weighted by atomic mass is 10.3. The van der Waals surface area contributed by atoms with Crippen molar-refractivity contribution in [3.8, 4) is 11.5 Å². The molecule has 2 aromatic carbocycles. The molecule has 32 heavy (non-hydrogen) atoms. The number of hydrogen-bond acceptors (Lipinski definition) is 4. The molecule has 0 heterocycles. The molecule has 0 saturated carbocycles. The summed E-state index contributed by atoms with van der Waals surface area (Å²) in [4.78, 5) is 0. The molecule has 0 fully saturated rings. The van der Waals surface area contributed by atoms with Gasteiger partial charge in [0.2, 0.25) is 0 Å². The molecule has 2 aromatic rings. The maximum Gasteiger partial charge on any atom is 0.171 e. The van der Waals surface area contributed by atoms with E-state index in [1.54, 1.807) is 0 Å². The summed E-state index contributed by atoms with van der Waals surface area (Å²) < 4.78 is 11.8. The SMILES string of the molecule is C=C(C)CNC(=S)Nc1ccccc1OCCOc1ccccc1NC(=S)NCC(=C)C. The van der Waals surface area contributed by atoms with E-state index in [9.17, 15) is 0 Å². The molecule has 0 radical (unpaired) electrons. The van der Waals surface area contributed by atoms with Crippen LogP contribution in [0, 0.1) is 0 Å². The first-order valence-electron chi connectivity index (χ1n) is 10.2. The molecule has 8 heteroatoms. The van der Waals surface area contributed by atoms with Crippen LogP contribution in [0.5, 0.6) is 11.5 Å². The first-order valence-corrected chi connectivity index (χ1v) is 11.0. The van der Waals surface area contributed by atoms with E-state index in [0.717, 1.165) is 22.5 Å². The summed E-state index contributed by atoms with van der Waals surface area (Å²) >= 11 is 10.6. The lowest BCUT2D eigenvalue weighted by Crippen LogP contribution is -2.30. The molecule has 0 aromatic heterocycles. The van der Waals surface area contributed by atoms with Gasteiger partial charge in [0.15, 0.2) is 10.2 Å². The maximum absolute atomic E-state index is 5.91. The highest BCUT2D eigenvalue weighted by atomic mass is 32.1. The standard InChI is InChI=1S/C24H30N4O2S2/c1-17(2)15-25-23(31)27-19-9-5-7-11-21(19)29-13-14-30-22-12-8-6-10-20(22)28-24(32)26-16-18(3)4/h5-12H,1,3,13-16H2,2,4H3,(H2,25,27,31)(H2,26,28,32). The van der Waals surface area contributed by atoms with Crippen molar-refractivity contribution in [1.29, 1.82) is 0 Å². The fourth-order valence-electron chi connectivity index (χ4n) is 2.49. The minimum Gasteiger partial charge on any atom is -0.488 e. The van der Waals surface area contributed by atoms with Crippen LogP contribution in [0.25, 0.3) is 0 Å². The van der Waals surface area contributed by atoms with Gasteiger partial charge in [-0.25, -0.2) is 0 Å². The number of nitrogens with one attached hydrogen (secondary N) is 4. The Morgan fingerprint density at radius 1 is 0.719 bits per heavy atom. The first kappa shape index (κ1) is 25.2. The van der Waals surface area contributed by atoms with Crippen molar-refractivity contribution in [1.82, 2.24) is 10.6 Å². The lowest BCUT2D eigenvalue weighted by molar-refractivity contribution is 0.218. The molecule has 2 rings (SSSR count). The fourth-order valence-corrected chi connectivity index (χ4v) is 2.85. The van der Waals surface area contributed by atoms with Gasteiger partial charge in [-0.15, -0.1) is 0 Å². The van der Waals surface area contributed by atoms with Crippen molar-refractivity contribution in [2.24, 2.45) is 0 Å². The second-order valence-corrected chi connectivity index (χ2v) is 8.04. The Morgan fingerprint density at radius 2 is 1.09 bits per heavy atom. The number of anilines is 2. The largest absolute Gasteiger partial charge is 0.488 e. The molecule has 0 aliphatic rings. The Morgan fingerprint density at radius 3 is 1.47 bits per heavy atom. The first-order chi connectivity index (χ1) is 15.3. The summed E-state index contributed by atoms with van der Waals surface area (Å²) in [5.41, 5.74) is 3.56. The van der Waals surface area contributed by atoms with Crippen LogP contribution < -0.4 is 30.7 Å². The van der Waals surface area contributed by atoms with E-state index in [1.165, 1.54) is 0 Å². The van der Waals surface area contributed by atoms with Crippen LogP contribution in [-0.4, -0.2) is 36.5 Å². The summed E-state index contributed by atoms with van der Waals surface area (Å²) in [6.45, 7) is 13.5. The topological polar surface area (TPSA) is 66.6 Å². The van der Waals surface area contributed by atoms with Crippen LogP contribution in [0.2, 0.25) is 0 Å². The van der Waals surface area contributed by atoms with E-state index < -0.39 is 0 Å². The Labute approximate surface area is 201 Å². The average molecular weight is 471 g/mol. The molecule has 0 unspecified atom stereocenters. The highest BCUT2D eigenvalue weighted by Gasteiger charge is 2.07. The van der Waals surface area contributed by atoms with Gasteiger partial charge in [-0.3, -0.25) is 0 Å². The highest BCUT2D eigenvalue weighted by molar-refractivity contribution is 7.80. The van der Waals surface area contributed by atoms with E-state index in [1.807, 2.05) is 62.4 Å². The number of hydrogen-bond donors (Lipinski definition) is 4. The number of rotatable bonds is 11. The molecular formula is C24H30N4O2S2. The molecule has 170 valence electrons. The van der Waals surface area contributed by atoms with Crippen LogP contribution in [0.1, 0.15) is 13.8 Å². The normalized spacial score (nSPS) is 9.94. The number of thiocarbonyl (C=S) groups is 2. The Balaban J connectivity index is 1.87. The van der Waals surface area contributed by atoms with E-state index >= 15 is 0 Å². The number of ether oxygens (including phenoxy) is 2. The predicted molar refractivity (Wildman–Crippen MR) is 142 cm³/mol. The fraction of sp³-hybridized carbons (Fsp3) is 0.250. The smallest absolute Gasteiger partial charge is 0.171 e. The second-order valence-electron chi connectivity index (χ2n) is 7.22. The molecule has 6 nitrogen and oxygen atoms in total. The van der Waals surface area contributed by atoms with Gasteiger partial charge in [-0.1, -0.05) is 48.6 Å². The third-order valence-electron chi connectivity index (χ3n) is 3.97. The monoisotopic (exact) mass is 470 g/mol. The van der Waals surface area contributed by atoms with E-state index in [2.05, 4.69) is 34.4 Å². The van der Waals surface area contributed by atoms with Crippen LogP contribution in [0.4, 0.5) is 11.4 Å². The van der Waals surface area contributed by atoms with Gasteiger partial charge in [0.05, 0.1) is 11.4 Å². The average Bonchev–Trinajstić information content (AvgIpc) is 2.76. The minimum absolute atomic E-state index is 0.358. The zero-order valence-corrected chi connectivity index (χ0v) is 20.1. The zero-order chi connectivity index (χ0) is 23.3. The minimum atomic E-state index is 0.358. The Hall–Kier alpha value is -3.10. The van der Waals surface area contributed by atoms with Gasteiger partial charge in [-0.2, -0.15) is 0 Å². The van der Waals surface area contributed by atoms with Crippen molar-refractivity contribution < 1.29 is 9.47 Å². The highest BCUT2D eigenvalue weighted by Crippen LogP contribution is 2.25. The van der Waals surface area contributed by atoms with Gasteiger partial charge in [-0.05, 0) is 62.5 Å². The van der Waals surface area contributed by atoms with Gasteiger partial charge in [0, 0.05) is 13.1 Å². The van der Waals surface area contributed by atoms with Gasteiger partial charge >= 0.3 is 0 Å². The molecule has 0 bridgehead atoms. The summed E-state index contributed by atoms with van der Waals surface area (Å²) in [7, 11) is 0. The summed E-state index contributed by atoms with van der Waals surface area (Å²) in [5.74, 6) is 1.37. The molecular weight excluding hydrogens is 440 g/mol. The van der Waals surface area contributed by atoms with E-state index in [0.29, 0.717) is 48.0 Å². The maximum atomic E-state index is 5.91. The molecule has 0 aliphatic heterocycles. The van der Waals surface area contributed by atoms with Crippen LogP contribution in [-0.2, 0) is 0 Å². The van der Waals surface area contributed by atoms with Gasteiger partial charge in [0.1, 0.15) is 24.7 Å². The van der Waals surface area contributed by atoms with Crippen LogP contribution >= 0.6 is 24.4 Å². The van der Waals surface area contributed by atoms with Crippen LogP contribution in [0.15, 0.2) is 72.8 Å². The molecule has 0 saturated heterocycles. The molecule has 0 amide bonds. The summed E-state index contributed by atoms with van der Waals surface area (Å²) in [5, 5.41) is 13.5. The van der Waals surface area contributed by atoms with Crippen molar-refractivity contribution in [3.63, 3.8) is 0 Å². The van der Waals surface area contributed by atoms with Crippen molar-refractivity contribution in [2.45, 2.75) is 13.8 Å². The van der Waals surface area contributed by atoms with Gasteiger partial charge in [0.25, 0.3) is 0 Å². The second kappa shape index (κ2) is 13.3. The van der Waals surface area contributed by atoms with Crippen LogP contribution in [0.3, 0.4) is 0 Å². The number of para-hydroxylation sites is 4. The number of benzene rings is 2.